The summed E-state index contributed by atoms with van der Waals surface area (Å²) in [7, 11) is 0. The predicted octanol–water partition coefficient (Wildman–Crippen LogP) is 6.64. The molecule has 25 heavy (non-hydrogen) atoms. The highest BCUT2D eigenvalue weighted by Gasteiger charge is 2.34. The number of aromatic carboxylic acids is 1. The van der Waals surface area contributed by atoms with Crippen molar-refractivity contribution in [2.75, 3.05) is 0 Å². The van der Waals surface area contributed by atoms with Crippen LogP contribution < -0.4 is 0 Å². The highest BCUT2D eigenvalue weighted by Crippen LogP contribution is 2.36. The maximum atomic E-state index is 13.4. The van der Waals surface area contributed by atoms with Crippen molar-refractivity contribution in [2.45, 2.75) is 12.6 Å². The molecule has 0 atom stereocenters. The van der Waals surface area contributed by atoms with Crippen molar-refractivity contribution in [1.29, 1.82) is 0 Å². The van der Waals surface area contributed by atoms with Crippen LogP contribution in [0.15, 0.2) is 46.9 Å². The van der Waals surface area contributed by atoms with Gasteiger partial charge in [-0.15, -0.1) is 0 Å². The number of hydrogen-bond donors (Lipinski definition) is 1. The summed E-state index contributed by atoms with van der Waals surface area (Å²) in [6, 6.07) is 8.00. The number of halogens is 6. The van der Waals surface area contributed by atoms with Gasteiger partial charge in [-0.1, -0.05) is 35.3 Å². The van der Waals surface area contributed by atoms with Crippen LogP contribution in [0, 0.1) is 0 Å². The SMILES string of the molecule is O=C(O)c1ccc(CC=C(c2cc(Cl)cc(Cl)c2)C(F)(F)F)cc1Br. The third-order valence-corrected chi connectivity index (χ3v) is 4.38. The van der Waals surface area contributed by atoms with E-state index in [2.05, 4.69) is 15.9 Å². The second kappa shape index (κ2) is 7.81. The summed E-state index contributed by atoms with van der Waals surface area (Å²) in [5.74, 6) is -1.13. The van der Waals surface area contributed by atoms with E-state index in [9.17, 15) is 18.0 Å². The van der Waals surface area contributed by atoms with Gasteiger partial charge in [-0.3, -0.25) is 0 Å². The number of alkyl halides is 3. The minimum atomic E-state index is -4.59. The quantitative estimate of drug-likeness (QED) is 0.563. The minimum Gasteiger partial charge on any atom is -0.478 e. The molecule has 132 valence electrons. The van der Waals surface area contributed by atoms with Gasteiger partial charge in [-0.25, -0.2) is 4.79 Å². The lowest BCUT2D eigenvalue weighted by Crippen LogP contribution is -2.11. The van der Waals surface area contributed by atoms with Crippen molar-refractivity contribution < 1.29 is 23.1 Å². The summed E-state index contributed by atoms with van der Waals surface area (Å²) < 4.78 is 40.4. The Hall–Kier alpha value is -1.50. The molecule has 2 rings (SSSR count). The third kappa shape index (κ3) is 5.23. The van der Waals surface area contributed by atoms with Crippen molar-refractivity contribution in [3.05, 3.63) is 73.7 Å². The number of allylic oxidation sites excluding steroid dienone is 2. The van der Waals surface area contributed by atoms with Crippen molar-refractivity contribution in [3.8, 4) is 0 Å². The maximum Gasteiger partial charge on any atom is 0.416 e. The fourth-order valence-electron chi connectivity index (χ4n) is 2.19. The van der Waals surface area contributed by atoms with Gasteiger partial charge in [0.25, 0.3) is 0 Å². The van der Waals surface area contributed by atoms with Gasteiger partial charge < -0.3 is 5.11 Å². The first-order chi connectivity index (χ1) is 11.6. The van der Waals surface area contributed by atoms with Crippen LogP contribution in [-0.4, -0.2) is 17.3 Å². The van der Waals surface area contributed by atoms with E-state index in [1.54, 1.807) is 0 Å². The minimum absolute atomic E-state index is 0.0328. The number of benzene rings is 2. The zero-order valence-corrected chi connectivity index (χ0v) is 15.5. The lowest BCUT2D eigenvalue weighted by Gasteiger charge is -2.13. The van der Waals surface area contributed by atoms with Gasteiger partial charge in [0, 0.05) is 14.5 Å². The van der Waals surface area contributed by atoms with Gasteiger partial charge >= 0.3 is 12.1 Å². The summed E-state index contributed by atoms with van der Waals surface area (Å²) in [6.45, 7) is 0. The zero-order chi connectivity index (χ0) is 18.8. The maximum absolute atomic E-state index is 13.4. The van der Waals surface area contributed by atoms with E-state index in [-0.39, 0.29) is 27.6 Å². The largest absolute Gasteiger partial charge is 0.478 e. The summed E-state index contributed by atoms with van der Waals surface area (Å²) in [5, 5.41) is 9.17. The second-order valence-electron chi connectivity index (χ2n) is 5.10. The van der Waals surface area contributed by atoms with Crippen molar-refractivity contribution in [1.82, 2.24) is 0 Å². The van der Waals surface area contributed by atoms with E-state index in [1.807, 2.05) is 0 Å². The summed E-state index contributed by atoms with van der Waals surface area (Å²) in [6.07, 6.45) is -3.62. The molecule has 0 aromatic heterocycles. The van der Waals surface area contributed by atoms with E-state index in [0.717, 1.165) is 6.08 Å². The first-order valence-electron chi connectivity index (χ1n) is 6.83. The molecule has 8 heteroatoms. The molecule has 0 bridgehead atoms. The molecule has 0 aliphatic heterocycles. The fraction of sp³-hybridized carbons (Fsp3) is 0.118. The topological polar surface area (TPSA) is 37.3 Å². The lowest BCUT2D eigenvalue weighted by molar-refractivity contribution is -0.0690. The Morgan fingerprint density at radius 1 is 1.12 bits per heavy atom. The zero-order valence-electron chi connectivity index (χ0n) is 12.4. The van der Waals surface area contributed by atoms with Crippen LogP contribution in [0.2, 0.25) is 10.0 Å². The first-order valence-corrected chi connectivity index (χ1v) is 8.38. The van der Waals surface area contributed by atoms with Crippen LogP contribution >= 0.6 is 39.1 Å². The Bertz CT molecular complexity index is 828. The Morgan fingerprint density at radius 2 is 1.72 bits per heavy atom. The highest BCUT2D eigenvalue weighted by molar-refractivity contribution is 9.10. The molecule has 2 aromatic carbocycles. The van der Waals surface area contributed by atoms with E-state index < -0.39 is 17.7 Å². The first kappa shape index (κ1) is 19.8. The second-order valence-corrected chi connectivity index (χ2v) is 6.82. The average molecular weight is 454 g/mol. The molecule has 0 saturated carbocycles. The number of hydrogen-bond acceptors (Lipinski definition) is 1. The van der Waals surface area contributed by atoms with E-state index in [4.69, 9.17) is 28.3 Å². The van der Waals surface area contributed by atoms with Gasteiger partial charge in [0.1, 0.15) is 0 Å². The van der Waals surface area contributed by atoms with Gasteiger partial charge in [0.15, 0.2) is 0 Å². The number of carbonyl (C=O) groups is 1. The smallest absolute Gasteiger partial charge is 0.416 e. The van der Waals surface area contributed by atoms with Crippen LogP contribution in [0.3, 0.4) is 0 Å². The molecule has 0 unspecified atom stereocenters. The van der Waals surface area contributed by atoms with Crippen molar-refractivity contribution >= 4 is 50.7 Å². The predicted molar refractivity (Wildman–Crippen MR) is 95.3 cm³/mol. The summed E-state index contributed by atoms with van der Waals surface area (Å²) in [5.41, 5.74) is -0.446. The molecule has 0 amide bonds. The summed E-state index contributed by atoms with van der Waals surface area (Å²) >= 11 is 14.7. The van der Waals surface area contributed by atoms with Gasteiger partial charge in [0.2, 0.25) is 0 Å². The van der Waals surface area contributed by atoms with Crippen LogP contribution in [-0.2, 0) is 6.42 Å². The Balaban J connectivity index is 2.39. The van der Waals surface area contributed by atoms with Crippen LogP contribution in [0.1, 0.15) is 21.5 Å². The Kier molecular flexibility index (Phi) is 6.19. The van der Waals surface area contributed by atoms with Crippen LogP contribution in [0.5, 0.6) is 0 Å². The molecular formula is C17H10BrCl2F3O2. The molecular weight excluding hydrogens is 444 g/mol. The highest BCUT2D eigenvalue weighted by atomic mass is 79.9. The van der Waals surface area contributed by atoms with E-state index in [0.29, 0.717) is 10.0 Å². The summed E-state index contributed by atoms with van der Waals surface area (Å²) in [4.78, 5) is 11.0. The molecule has 0 radical (unpaired) electrons. The number of carboxylic acid groups (broad SMARTS) is 1. The van der Waals surface area contributed by atoms with Crippen LogP contribution in [0.4, 0.5) is 13.2 Å². The Labute approximate surface area is 160 Å². The fourth-order valence-corrected chi connectivity index (χ4v) is 3.31. The van der Waals surface area contributed by atoms with Crippen molar-refractivity contribution in [2.24, 2.45) is 0 Å². The molecule has 2 aromatic rings. The van der Waals surface area contributed by atoms with Gasteiger partial charge in [-0.2, -0.15) is 13.2 Å². The molecule has 0 fully saturated rings. The van der Waals surface area contributed by atoms with Gasteiger partial charge in [0.05, 0.1) is 11.1 Å². The molecule has 0 aliphatic carbocycles. The van der Waals surface area contributed by atoms with Crippen LogP contribution in [0.25, 0.3) is 5.57 Å². The average Bonchev–Trinajstić information content (AvgIpc) is 2.44. The van der Waals surface area contributed by atoms with Crippen molar-refractivity contribution in [3.63, 3.8) is 0 Å². The molecule has 0 heterocycles. The number of rotatable bonds is 4. The normalized spacial score (nSPS) is 12.3. The molecule has 1 N–H and O–H groups in total. The Morgan fingerprint density at radius 3 is 2.20 bits per heavy atom. The lowest BCUT2D eigenvalue weighted by atomic mass is 10.0. The standard InChI is InChI=1S/C17H10BrCl2F3O2/c18-15-5-9(1-3-13(15)16(24)25)2-4-14(17(21,22)23)10-6-11(19)8-12(20)7-10/h1,3-8H,2H2,(H,24,25). The number of carboxylic acids is 1. The molecule has 0 aliphatic rings. The van der Waals surface area contributed by atoms with E-state index >= 15 is 0 Å². The third-order valence-electron chi connectivity index (χ3n) is 3.28. The monoisotopic (exact) mass is 452 g/mol. The molecule has 0 saturated heterocycles. The molecule has 0 spiro atoms. The van der Waals surface area contributed by atoms with Gasteiger partial charge in [-0.05, 0) is 63.8 Å². The molecule has 2 nitrogen and oxygen atoms in total. The van der Waals surface area contributed by atoms with E-state index in [1.165, 1.54) is 36.4 Å².